The highest BCUT2D eigenvalue weighted by Crippen LogP contribution is 2.35. The number of hydrogen-bond acceptors (Lipinski definition) is 7. The Bertz CT molecular complexity index is 846. The van der Waals surface area contributed by atoms with Crippen molar-refractivity contribution in [2.75, 3.05) is 53.6 Å². The molecule has 2 heterocycles. The Morgan fingerprint density at radius 2 is 1.48 bits per heavy atom. The molecule has 0 aliphatic carbocycles. The summed E-state index contributed by atoms with van der Waals surface area (Å²) in [5.74, 6) is 0.260. The first-order valence-electron chi connectivity index (χ1n) is 11.1. The highest BCUT2D eigenvalue weighted by Gasteiger charge is 2.30. The van der Waals surface area contributed by atoms with Crippen molar-refractivity contribution in [3.05, 3.63) is 17.7 Å². The smallest absolute Gasteiger partial charge is 0.310 e. The molecule has 0 bridgehead atoms. The van der Waals surface area contributed by atoms with Crippen LogP contribution in [0.3, 0.4) is 0 Å². The number of rotatable bonds is 9. The van der Waals surface area contributed by atoms with E-state index >= 15 is 0 Å². The molecular formula is C22H34N2O6S. The standard InChI is InChI=1S/C22H34N2O6S/c1-28-19-15-18(16-22(25)30-14-13-23-9-5-3-6-10-23)21(17-20(19)29-2)31(26,27)24-11-7-4-8-12-24/h15,17H,3-14,16H2,1-2H3. The van der Waals surface area contributed by atoms with E-state index in [9.17, 15) is 13.2 Å². The molecule has 2 aliphatic heterocycles. The van der Waals surface area contributed by atoms with Gasteiger partial charge in [-0.2, -0.15) is 4.31 Å². The zero-order valence-corrected chi connectivity index (χ0v) is 19.4. The summed E-state index contributed by atoms with van der Waals surface area (Å²) in [6.45, 7) is 4.04. The molecule has 9 heteroatoms. The van der Waals surface area contributed by atoms with Crippen molar-refractivity contribution in [2.45, 2.75) is 49.8 Å². The van der Waals surface area contributed by atoms with Crippen molar-refractivity contribution < 1.29 is 27.4 Å². The molecule has 0 spiro atoms. The normalized spacial score (nSPS) is 18.5. The van der Waals surface area contributed by atoms with Crippen LogP contribution in [0.4, 0.5) is 0 Å². The van der Waals surface area contributed by atoms with E-state index < -0.39 is 16.0 Å². The van der Waals surface area contributed by atoms with Gasteiger partial charge in [0.15, 0.2) is 11.5 Å². The van der Waals surface area contributed by atoms with E-state index in [1.807, 2.05) is 0 Å². The lowest BCUT2D eigenvalue weighted by atomic mass is 10.1. The molecule has 1 aromatic rings. The van der Waals surface area contributed by atoms with Crippen molar-refractivity contribution in [1.29, 1.82) is 0 Å². The molecule has 0 N–H and O–H groups in total. The van der Waals surface area contributed by atoms with Crippen LogP contribution in [0.5, 0.6) is 11.5 Å². The second-order valence-electron chi connectivity index (χ2n) is 8.08. The van der Waals surface area contributed by atoms with Crippen molar-refractivity contribution in [3.8, 4) is 11.5 Å². The Labute approximate surface area is 185 Å². The van der Waals surface area contributed by atoms with Crippen molar-refractivity contribution in [2.24, 2.45) is 0 Å². The Hall–Kier alpha value is -1.84. The second-order valence-corrected chi connectivity index (χ2v) is 9.99. The Morgan fingerprint density at radius 3 is 2.10 bits per heavy atom. The summed E-state index contributed by atoms with van der Waals surface area (Å²) >= 11 is 0. The molecule has 2 fully saturated rings. The van der Waals surface area contributed by atoms with Crippen LogP contribution in [0.2, 0.25) is 0 Å². The summed E-state index contributed by atoms with van der Waals surface area (Å²) in [6.07, 6.45) is 6.16. The third kappa shape index (κ3) is 6.11. The van der Waals surface area contributed by atoms with Crippen LogP contribution in [0, 0.1) is 0 Å². The molecule has 0 saturated carbocycles. The summed E-state index contributed by atoms with van der Waals surface area (Å²) in [4.78, 5) is 14.9. The van der Waals surface area contributed by atoms with E-state index in [1.54, 1.807) is 6.07 Å². The Balaban J connectivity index is 1.76. The van der Waals surface area contributed by atoms with Crippen LogP contribution in [0.25, 0.3) is 0 Å². The molecule has 8 nitrogen and oxygen atoms in total. The maximum absolute atomic E-state index is 13.3. The number of benzene rings is 1. The number of piperidine rings is 2. The van der Waals surface area contributed by atoms with Crippen LogP contribution in [-0.4, -0.2) is 77.1 Å². The number of esters is 1. The van der Waals surface area contributed by atoms with E-state index in [0.29, 0.717) is 43.3 Å². The van der Waals surface area contributed by atoms with Gasteiger partial charge in [0.2, 0.25) is 10.0 Å². The molecule has 0 aromatic heterocycles. The minimum atomic E-state index is -3.75. The predicted octanol–water partition coefficient (Wildman–Crippen LogP) is 2.45. The quantitative estimate of drug-likeness (QED) is 0.530. The molecule has 0 atom stereocenters. The number of ether oxygens (including phenoxy) is 3. The number of sulfonamides is 1. The molecule has 1 aromatic carbocycles. The van der Waals surface area contributed by atoms with Gasteiger partial charge in [-0.15, -0.1) is 0 Å². The van der Waals surface area contributed by atoms with Crippen LogP contribution >= 0.6 is 0 Å². The van der Waals surface area contributed by atoms with Crippen molar-refractivity contribution in [1.82, 2.24) is 9.21 Å². The van der Waals surface area contributed by atoms with E-state index in [0.717, 1.165) is 32.4 Å². The van der Waals surface area contributed by atoms with Gasteiger partial charge in [-0.05, 0) is 50.4 Å². The fourth-order valence-corrected chi connectivity index (χ4v) is 5.94. The maximum atomic E-state index is 13.3. The molecule has 2 aliphatic rings. The van der Waals surface area contributed by atoms with Gasteiger partial charge in [0.1, 0.15) is 6.61 Å². The summed E-state index contributed by atoms with van der Waals surface area (Å²) < 4.78 is 44.3. The van der Waals surface area contributed by atoms with E-state index in [1.165, 1.54) is 43.9 Å². The molecule has 3 rings (SSSR count). The number of nitrogens with zero attached hydrogens (tertiary/aromatic N) is 2. The number of methoxy groups -OCH3 is 2. The van der Waals surface area contributed by atoms with E-state index in [4.69, 9.17) is 14.2 Å². The fourth-order valence-electron chi connectivity index (χ4n) is 4.20. The SMILES string of the molecule is COc1cc(CC(=O)OCCN2CCCCC2)c(S(=O)(=O)N2CCCCC2)cc1OC. The van der Waals surface area contributed by atoms with Gasteiger partial charge in [0, 0.05) is 25.7 Å². The topological polar surface area (TPSA) is 85.4 Å². The zero-order chi connectivity index (χ0) is 22.3. The summed E-state index contributed by atoms with van der Waals surface area (Å²) in [5, 5.41) is 0. The van der Waals surface area contributed by atoms with Crippen LogP contribution in [0.1, 0.15) is 44.1 Å². The minimum absolute atomic E-state index is 0.0834. The third-order valence-corrected chi connectivity index (χ3v) is 7.93. The fraction of sp³-hybridized carbons (Fsp3) is 0.682. The van der Waals surface area contributed by atoms with Gasteiger partial charge in [0.05, 0.1) is 25.5 Å². The first kappa shape index (κ1) is 23.8. The maximum Gasteiger partial charge on any atom is 0.310 e. The third-order valence-electron chi connectivity index (χ3n) is 5.95. The van der Waals surface area contributed by atoms with Gasteiger partial charge < -0.3 is 14.2 Å². The van der Waals surface area contributed by atoms with E-state index in [2.05, 4.69) is 4.90 Å². The molecule has 0 unspecified atom stereocenters. The molecule has 0 radical (unpaired) electrons. The zero-order valence-electron chi connectivity index (χ0n) is 18.6. The van der Waals surface area contributed by atoms with Crippen LogP contribution in [0.15, 0.2) is 17.0 Å². The highest BCUT2D eigenvalue weighted by molar-refractivity contribution is 7.89. The number of likely N-dealkylation sites (tertiary alicyclic amines) is 1. The first-order valence-corrected chi connectivity index (χ1v) is 12.5. The monoisotopic (exact) mass is 454 g/mol. The molecule has 0 amide bonds. The van der Waals surface area contributed by atoms with Gasteiger partial charge in [0.25, 0.3) is 0 Å². The molecule has 174 valence electrons. The van der Waals surface area contributed by atoms with Gasteiger partial charge in [-0.3, -0.25) is 9.69 Å². The van der Waals surface area contributed by atoms with Crippen molar-refractivity contribution in [3.63, 3.8) is 0 Å². The molecule has 2 saturated heterocycles. The summed E-state index contributed by atoms with van der Waals surface area (Å²) in [5.41, 5.74) is 0.367. The number of carbonyl (C=O) groups is 1. The van der Waals surface area contributed by atoms with Gasteiger partial charge >= 0.3 is 5.97 Å². The average molecular weight is 455 g/mol. The lowest BCUT2D eigenvalue weighted by molar-refractivity contribution is -0.143. The average Bonchev–Trinajstić information content (AvgIpc) is 2.80. The van der Waals surface area contributed by atoms with Gasteiger partial charge in [-0.1, -0.05) is 12.8 Å². The lowest BCUT2D eigenvalue weighted by Gasteiger charge is -2.27. The first-order chi connectivity index (χ1) is 15.0. The minimum Gasteiger partial charge on any atom is -0.493 e. The Morgan fingerprint density at radius 1 is 0.903 bits per heavy atom. The Kier molecular flexibility index (Phi) is 8.57. The predicted molar refractivity (Wildman–Crippen MR) is 117 cm³/mol. The summed E-state index contributed by atoms with van der Waals surface area (Å²) in [6, 6.07) is 3.03. The van der Waals surface area contributed by atoms with Crippen LogP contribution < -0.4 is 9.47 Å². The van der Waals surface area contributed by atoms with Crippen molar-refractivity contribution >= 4 is 16.0 Å². The van der Waals surface area contributed by atoms with E-state index in [-0.39, 0.29) is 11.3 Å². The number of carbonyl (C=O) groups excluding carboxylic acids is 1. The largest absolute Gasteiger partial charge is 0.493 e. The van der Waals surface area contributed by atoms with Gasteiger partial charge in [-0.25, -0.2) is 8.42 Å². The van der Waals surface area contributed by atoms with Crippen LogP contribution in [-0.2, 0) is 26.0 Å². The molecular weight excluding hydrogens is 420 g/mol. The lowest BCUT2D eigenvalue weighted by Crippen LogP contribution is -2.36. The molecule has 31 heavy (non-hydrogen) atoms. The number of hydrogen-bond donors (Lipinski definition) is 0. The highest BCUT2D eigenvalue weighted by atomic mass is 32.2. The second kappa shape index (κ2) is 11.2. The summed E-state index contributed by atoms with van der Waals surface area (Å²) in [7, 11) is -0.806.